The zero-order chi connectivity index (χ0) is 11.3. The second kappa shape index (κ2) is 5.68. The summed E-state index contributed by atoms with van der Waals surface area (Å²) in [5.74, 6) is 0.147. The summed E-state index contributed by atoms with van der Waals surface area (Å²) in [6, 6.07) is 1.84. The van der Waals surface area contributed by atoms with E-state index in [4.69, 9.17) is 4.74 Å². The van der Waals surface area contributed by atoms with Gasteiger partial charge in [-0.2, -0.15) is 0 Å². The zero-order valence-corrected chi connectivity index (χ0v) is 9.56. The molecule has 0 fully saturated rings. The van der Waals surface area contributed by atoms with Gasteiger partial charge >= 0.3 is 0 Å². The van der Waals surface area contributed by atoms with Gasteiger partial charge in [-0.3, -0.25) is 9.69 Å². The Kier molecular flexibility index (Phi) is 4.52. The van der Waals surface area contributed by atoms with Gasteiger partial charge in [-0.05, 0) is 13.1 Å². The minimum absolute atomic E-state index is 0.147. The molecule has 0 unspecified atom stereocenters. The van der Waals surface area contributed by atoms with Crippen molar-refractivity contribution in [1.82, 2.24) is 9.47 Å². The Labute approximate surface area is 90.4 Å². The first-order valence-corrected chi connectivity index (χ1v) is 4.96. The van der Waals surface area contributed by atoms with Crippen LogP contribution in [0.25, 0.3) is 0 Å². The molecule has 1 aromatic heterocycles. The first-order valence-electron chi connectivity index (χ1n) is 4.96. The maximum Gasteiger partial charge on any atom is 0.178 e. The van der Waals surface area contributed by atoms with Crippen LogP contribution < -0.4 is 0 Å². The van der Waals surface area contributed by atoms with E-state index < -0.39 is 0 Å². The predicted octanol–water partition coefficient (Wildman–Crippen LogP) is 0.786. The SMILES string of the molecule is COCCN(C)CC(=O)c1ccn(C)c1. The lowest BCUT2D eigenvalue weighted by Crippen LogP contribution is -2.28. The molecule has 0 bridgehead atoms. The molecule has 1 rings (SSSR count). The molecule has 0 amide bonds. The van der Waals surface area contributed by atoms with Crippen molar-refractivity contribution in [1.29, 1.82) is 0 Å². The third-order valence-corrected chi connectivity index (χ3v) is 2.24. The summed E-state index contributed by atoms with van der Waals surface area (Å²) in [7, 11) is 5.48. The third kappa shape index (κ3) is 3.85. The molecule has 15 heavy (non-hydrogen) atoms. The van der Waals surface area contributed by atoms with E-state index in [1.54, 1.807) is 7.11 Å². The van der Waals surface area contributed by atoms with E-state index in [0.29, 0.717) is 13.2 Å². The van der Waals surface area contributed by atoms with Crippen LogP contribution in [0.2, 0.25) is 0 Å². The fraction of sp³-hybridized carbons (Fsp3) is 0.545. The van der Waals surface area contributed by atoms with Gasteiger partial charge in [-0.1, -0.05) is 0 Å². The molecule has 0 saturated heterocycles. The largest absolute Gasteiger partial charge is 0.383 e. The highest BCUT2D eigenvalue weighted by Crippen LogP contribution is 2.01. The number of aromatic nitrogens is 1. The quantitative estimate of drug-likeness (QED) is 0.651. The second-order valence-corrected chi connectivity index (χ2v) is 3.72. The highest BCUT2D eigenvalue weighted by atomic mass is 16.5. The number of methoxy groups -OCH3 is 1. The molecule has 0 aliphatic heterocycles. The van der Waals surface area contributed by atoms with E-state index in [2.05, 4.69) is 0 Å². The summed E-state index contributed by atoms with van der Waals surface area (Å²) in [6.45, 7) is 1.86. The number of Topliss-reactive ketones (excluding diaryl/α,β-unsaturated/α-hetero) is 1. The molecule has 4 nitrogen and oxygen atoms in total. The van der Waals surface area contributed by atoms with E-state index >= 15 is 0 Å². The van der Waals surface area contributed by atoms with E-state index in [-0.39, 0.29) is 5.78 Å². The van der Waals surface area contributed by atoms with Crippen LogP contribution in [-0.4, -0.2) is 49.1 Å². The number of hydrogen-bond donors (Lipinski definition) is 0. The van der Waals surface area contributed by atoms with Gasteiger partial charge in [-0.25, -0.2) is 0 Å². The van der Waals surface area contributed by atoms with Gasteiger partial charge in [0.05, 0.1) is 13.2 Å². The summed E-state index contributed by atoms with van der Waals surface area (Å²) in [5.41, 5.74) is 0.766. The topological polar surface area (TPSA) is 34.5 Å². The van der Waals surface area contributed by atoms with Crippen molar-refractivity contribution in [2.45, 2.75) is 0 Å². The Hall–Kier alpha value is -1.13. The van der Waals surface area contributed by atoms with Gasteiger partial charge in [0, 0.05) is 38.7 Å². The van der Waals surface area contributed by atoms with Crippen molar-refractivity contribution < 1.29 is 9.53 Å². The van der Waals surface area contributed by atoms with Gasteiger partial charge in [0.2, 0.25) is 0 Å². The summed E-state index contributed by atoms with van der Waals surface area (Å²) in [6.07, 6.45) is 3.72. The van der Waals surface area contributed by atoms with Crippen LogP contribution in [0.3, 0.4) is 0 Å². The number of ether oxygens (including phenoxy) is 1. The van der Waals surface area contributed by atoms with Crippen molar-refractivity contribution in [3.05, 3.63) is 24.0 Å². The number of ketones is 1. The smallest absolute Gasteiger partial charge is 0.178 e. The molecule has 0 aliphatic carbocycles. The molecule has 4 heteroatoms. The molecule has 0 spiro atoms. The first kappa shape index (κ1) is 11.9. The summed E-state index contributed by atoms with van der Waals surface area (Å²) in [4.78, 5) is 13.7. The summed E-state index contributed by atoms with van der Waals surface area (Å²) < 4.78 is 6.82. The second-order valence-electron chi connectivity index (χ2n) is 3.72. The standard InChI is InChI=1S/C11H18N2O2/c1-12-5-4-10(8-12)11(14)9-13(2)6-7-15-3/h4-5,8H,6-7,9H2,1-3H3. The minimum atomic E-state index is 0.147. The predicted molar refractivity (Wildman–Crippen MR) is 59.1 cm³/mol. The zero-order valence-electron chi connectivity index (χ0n) is 9.56. The lowest BCUT2D eigenvalue weighted by Gasteiger charge is -2.14. The molecule has 0 aliphatic rings. The molecule has 0 N–H and O–H groups in total. The van der Waals surface area contributed by atoms with Crippen LogP contribution in [0, 0.1) is 0 Å². The summed E-state index contributed by atoms with van der Waals surface area (Å²) >= 11 is 0. The van der Waals surface area contributed by atoms with Crippen molar-refractivity contribution >= 4 is 5.78 Å². The Morgan fingerprint density at radius 3 is 2.87 bits per heavy atom. The van der Waals surface area contributed by atoms with Crippen LogP contribution in [-0.2, 0) is 11.8 Å². The fourth-order valence-electron chi connectivity index (χ4n) is 1.33. The van der Waals surface area contributed by atoms with Crippen molar-refractivity contribution in [3.63, 3.8) is 0 Å². The Bertz CT molecular complexity index is 320. The lowest BCUT2D eigenvalue weighted by atomic mass is 10.2. The van der Waals surface area contributed by atoms with E-state index in [0.717, 1.165) is 12.1 Å². The highest BCUT2D eigenvalue weighted by Gasteiger charge is 2.09. The number of likely N-dealkylation sites (N-methyl/N-ethyl adjacent to an activating group) is 1. The molecule has 1 aromatic rings. The van der Waals surface area contributed by atoms with Gasteiger partial charge in [0.1, 0.15) is 0 Å². The number of carbonyl (C=O) groups excluding carboxylic acids is 1. The van der Waals surface area contributed by atoms with Crippen molar-refractivity contribution in [2.75, 3.05) is 33.9 Å². The number of rotatable bonds is 6. The van der Waals surface area contributed by atoms with Gasteiger partial charge in [0.25, 0.3) is 0 Å². The molecule has 0 atom stereocenters. The fourth-order valence-corrected chi connectivity index (χ4v) is 1.33. The third-order valence-electron chi connectivity index (χ3n) is 2.24. The monoisotopic (exact) mass is 210 g/mol. The number of hydrogen-bond acceptors (Lipinski definition) is 3. The van der Waals surface area contributed by atoms with Crippen LogP contribution in [0.5, 0.6) is 0 Å². The highest BCUT2D eigenvalue weighted by molar-refractivity contribution is 5.97. The van der Waals surface area contributed by atoms with Crippen LogP contribution >= 0.6 is 0 Å². The van der Waals surface area contributed by atoms with Gasteiger partial charge in [0.15, 0.2) is 5.78 Å². The Morgan fingerprint density at radius 1 is 1.60 bits per heavy atom. The molecule has 1 heterocycles. The van der Waals surface area contributed by atoms with Crippen molar-refractivity contribution in [2.24, 2.45) is 7.05 Å². The number of carbonyl (C=O) groups is 1. The van der Waals surface area contributed by atoms with Gasteiger partial charge < -0.3 is 9.30 Å². The molecular weight excluding hydrogens is 192 g/mol. The Balaban J connectivity index is 2.42. The normalized spacial score (nSPS) is 10.9. The van der Waals surface area contributed by atoms with E-state index in [1.807, 2.05) is 42.0 Å². The molecule has 0 saturated carbocycles. The molecule has 0 radical (unpaired) electrons. The van der Waals surface area contributed by atoms with Crippen LogP contribution in [0.1, 0.15) is 10.4 Å². The maximum atomic E-state index is 11.7. The number of nitrogens with zero attached hydrogens (tertiary/aromatic N) is 2. The van der Waals surface area contributed by atoms with Gasteiger partial charge in [-0.15, -0.1) is 0 Å². The maximum absolute atomic E-state index is 11.7. The van der Waals surface area contributed by atoms with Crippen molar-refractivity contribution in [3.8, 4) is 0 Å². The minimum Gasteiger partial charge on any atom is -0.383 e. The average Bonchev–Trinajstić information content (AvgIpc) is 2.61. The molecule has 0 aromatic carbocycles. The number of aryl methyl sites for hydroxylation is 1. The first-order chi connectivity index (χ1) is 7.13. The summed E-state index contributed by atoms with van der Waals surface area (Å²) in [5, 5.41) is 0. The van der Waals surface area contributed by atoms with Crippen LogP contribution in [0.15, 0.2) is 18.5 Å². The lowest BCUT2D eigenvalue weighted by molar-refractivity contribution is 0.0922. The Morgan fingerprint density at radius 2 is 2.33 bits per heavy atom. The van der Waals surface area contributed by atoms with E-state index in [9.17, 15) is 4.79 Å². The van der Waals surface area contributed by atoms with Crippen LogP contribution in [0.4, 0.5) is 0 Å². The van der Waals surface area contributed by atoms with E-state index in [1.165, 1.54) is 0 Å². The molecule has 84 valence electrons. The average molecular weight is 210 g/mol. The molecular formula is C11H18N2O2.